The molecule has 1 N–H and O–H groups in total. The van der Waals surface area contributed by atoms with Crippen molar-refractivity contribution in [3.8, 4) is 17.5 Å². The van der Waals surface area contributed by atoms with Gasteiger partial charge in [0.1, 0.15) is 11.7 Å². The Kier molecular flexibility index (Phi) is 6.10. The molecule has 146 valence electrons. The molecule has 29 heavy (non-hydrogen) atoms. The lowest BCUT2D eigenvalue weighted by molar-refractivity contribution is -0.117. The van der Waals surface area contributed by atoms with Crippen molar-refractivity contribution in [2.45, 2.75) is 12.1 Å². The van der Waals surface area contributed by atoms with Crippen molar-refractivity contribution >= 4 is 34.2 Å². The molecular formula is C21H18N4O3S. The fourth-order valence-electron chi connectivity index (χ4n) is 2.87. The van der Waals surface area contributed by atoms with Crippen LogP contribution >= 0.6 is 11.8 Å². The Morgan fingerprint density at radius 3 is 2.66 bits per heavy atom. The van der Waals surface area contributed by atoms with Gasteiger partial charge in [-0.3, -0.25) is 14.2 Å². The number of methoxy groups -OCH3 is 1. The van der Waals surface area contributed by atoms with Gasteiger partial charge in [0, 0.05) is 5.71 Å². The van der Waals surface area contributed by atoms with Crippen molar-refractivity contribution in [3.63, 3.8) is 0 Å². The van der Waals surface area contributed by atoms with Gasteiger partial charge in [-0.25, -0.2) is 4.98 Å². The monoisotopic (exact) mass is 406 g/mol. The van der Waals surface area contributed by atoms with Gasteiger partial charge in [-0.2, -0.15) is 5.26 Å². The number of hydrogen-bond donors (Lipinski definition) is 1. The van der Waals surface area contributed by atoms with E-state index in [0.29, 0.717) is 27.5 Å². The Balaban J connectivity index is 2.13. The van der Waals surface area contributed by atoms with Crippen molar-refractivity contribution < 1.29 is 9.53 Å². The van der Waals surface area contributed by atoms with Crippen LogP contribution in [-0.2, 0) is 4.79 Å². The largest absolute Gasteiger partial charge is 0.495 e. The van der Waals surface area contributed by atoms with Gasteiger partial charge >= 0.3 is 0 Å². The lowest BCUT2D eigenvalue weighted by Gasteiger charge is -2.16. The second-order valence-corrected chi connectivity index (χ2v) is 7.17. The summed E-state index contributed by atoms with van der Waals surface area (Å²) in [7, 11) is 1.51. The van der Waals surface area contributed by atoms with E-state index in [4.69, 9.17) is 15.4 Å². The molecule has 0 saturated heterocycles. The van der Waals surface area contributed by atoms with Gasteiger partial charge in [0.2, 0.25) is 0 Å². The van der Waals surface area contributed by atoms with Gasteiger partial charge in [0.25, 0.3) is 5.56 Å². The second kappa shape index (κ2) is 8.71. The highest BCUT2D eigenvalue weighted by Crippen LogP contribution is 2.27. The van der Waals surface area contributed by atoms with Crippen molar-refractivity contribution in [3.05, 3.63) is 58.9 Å². The highest BCUT2D eigenvalue weighted by atomic mass is 32.2. The number of thioether (sulfide) groups is 1. The first kappa shape index (κ1) is 20.3. The first-order valence-electron chi connectivity index (χ1n) is 8.73. The van der Waals surface area contributed by atoms with Crippen LogP contribution in [0.1, 0.15) is 6.92 Å². The quantitative estimate of drug-likeness (QED) is 0.366. The zero-order valence-corrected chi connectivity index (χ0v) is 16.7. The molecule has 0 fully saturated rings. The zero-order chi connectivity index (χ0) is 21.0. The predicted molar refractivity (Wildman–Crippen MR) is 112 cm³/mol. The minimum absolute atomic E-state index is 0.00769. The summed E-state index contributed by atoms with van der Waals surface area (Å²) in [6.07, 6.45) is 0. The number of hydrogen-bond acceptors (Lipinski definition) is 7. The number of ketones is 1. The molecule has 8 heteroatoms. The summed E-state index contributed by atoms with van der Waals surface area (Å²) in [5, 5.41) is 17.5. The number of aromatic nitrogens is 2. The van der Waals surface area contributed by atoms with Gasteiger partial charge in [0.05, 0.1) is 35.5 Å². The number of carbonyl (C=O) groups is 1. The van der Waals surface area contributed by atoms with E-state index >= 15 is 0 Å². The maximum atomic E-state index is 13.2. The minimum Gasteiger partial charge on any atom is -0.495 e. The first-order valence-corrected chi connectivity index (χ1v) is 9.71. The lowest BCUT2D eigenvalue weighted by atomic mass is 10.0. The van der Waals surface area contributed by atoms with Crippen LogP contribution < -0.4 is 10.3 Å². The van der Waals surface area contributed by atoms with E-state index < -0.39 is 11.7 Å². The molecule has 2 aromatic carbocycles. The van der Waals surface area contributed by atoms with Crippen LogP contribution in [0.15, 0.2) is 58.5 Å². The molecule has 0 spiro atoms. The number of Topliss-reactive ketones (excluding diaryl/α,β-unsaturated/α-hetero) is 1. The van der Waals surface area contributed by atoms with Crippen LogP contribution in [-0.4, -0.2) is 33.9 Å². The number of fused-ring (bicyclic) bond motifs is 1. The van der Waals surface area contributed by atoms with Gasteiger partial charge in [-0.15, -0.1) is 0 Å². The van der Waals surface area contributed by atoms with Crippen LogP contribution in [0, 0.1) is 22.7 Å². The Labute approximate surface area is 171 Å². The van der Waals surface area contributed by atoms with Gasteiger partial charge in [-0.05, 0) is 31.2 Å². The van der Waals surface area contributed by atoms with Gasteiger partial charge < -0.3 is 10.1 Å². The van der Waals surface area contributed by atoms with E-state index in [-0.39, 0.29) is 17.0 Å². The standard InChI is InChI=1S/C21H18N4O3S/c1-13(23)15(11-22)18(26)12-29-21-24-16-8-4-3-7-14(16)20(27)25(21)17-9-5-6-10-19(17)28-2/h3-10,15,23H,12H2,1-2H3. The molecule has 3 aromatic rings. The number of nitrogens with zero attached hydrogens (tertiary/aromatic N) is 3. The minimum atomic E-state index is -1.10. The lowest BCUT2D eigenvalue weighted by Crippen LogP contribution is -2.24. The summed E-state index contributed by atoms with van der Waals surface area (Å²) in [5.41, 5.74) is 0.730. The molecule has 0 radical (unpaired) electrons. The highest BCUT2D eigenvalue weighted by molar-refractivity contribution is 7.99. The number of nitriles is 1. The average molecular weight is 406 g/mol. The second-order valence-electron chi connectivity index (χ2n) is 6.22. The van der Waals surface area contributed by atoms with Crippen LogP contribution in [0.2, 0.25) is 0 Å². The number of para-hydroxylation sites is 3. The van der Waals surface area contributed by atoms with Crippen LogP contribution in [0.5, 0.6) is 5.75 Å². The molecule has 0 aliphatic heterocycles. The number of benzene rings is 2. The molecule has 1 aromatic heterocycles. The third-order valence-corrected chi connectivity index (χ3v) is 5.26. The highest BCUT2D eigenvalue weighted by Gasteiger charge is 2.22. The molecule has 0 saturated carbocycles. The molecule has 7 nitrogen and oxygen atoms in total. The summed E-state index contributed by atoms with van der Waals surface area (Å²) in [6.45, 7) is 1.43. The summed E-state index contributed by atoms with van der Waals surface area (Å²) in [4.78, 5) is 30.2. The molecule has 1 unspecified atom stereocenters. The van der Waals surface area contributed by atoms with Crippen molar-refractivity contribution in [1.82, 2.24) is 9.55 Å². The Morgan fingerprint density at radius 2 is 1.97 bits per heavy atom. The fraction of sp³-hybridized carbons (Fsp3) is 0.190. The molecule has 1 atom stereocenters. The summed E-state index contributed by atoms with van der Waals surface area (Å²) in [5.74, 6) is -1.10. The van der Waals surface area contributed by atoms with E-state index in [9.17, 15) is 9.59 Å². The molecule has 0 aliphatic carbocycles. The number of nitrogens with one attached hydrogen (secondary N) is 1. The predicted octanol–water partition coefficient (Wildman–Crippen LogP) is 3.23. The van der Waals surface area contributed by atoms with E-state index in [0.717, 1.165) is 11.8 Å². The summed E-state index contributed by atoms with van der Waals surface area (Å²) >= 11 is 1.06. The van der Waals surface area contributed by atoms with Crippen molar-refractivity contribution in [2.75, 3.05) is 12.9 Å². The van der Waals surface area contributed by atoms with Crippen LogP contribution in [0.4, 0.5) is 0 Å². The van der Waals surface area contributed by atoms with Gasteiger partial charge in [0.15, 0.2) is 10.9 Å². The third-order valence-electron chi connectivity index (χ3n) is 4.30. The number of carbonyl (C=O) groups excluding carboxylic acids is 1. The van der Waals surface area contributed by atoms with Crippen LogP contribution in [0.25, 0.3) is 16.6 Å². The molecule has 0 amide bonds. The number of rotatable bonds is 7. The smallest absolute Gasteiger partial charge is 0.266 e. The van der Waals surface area contributed by atoms with Crippen LogP contribution in [0.3, 0.4) is 0 Å². The van der Waals surface area contributed by atoms with E-state index in [2.05, 4.69) is 4.98 Å². The molecule has 0 bridgehead atoms. The van der Waals surface area contributed by atoms with E-state index in [1.807, 2.05) is 6.07 Å². The van der Waals surface area contributed by atoms with E-state index in [1.165, 1.54) is 18.6 Å². The Bertz CT molecular complexity index is 1200. The maximum Gasteiger partial charge on any atom is 0.266 e. The molecular weight excluding hydrogens is 388 g/mol. The third kappa shape index (κ3) is 4.05. The van der Waals surface area contributed by atoms with Gasteiger partial charge in [-0.1, -0.05) is 36.0 Å². The Morgan fingerprint density at radius 1 is 1.28 bits per heavy atom. The maximum absolute atomic E-state index is 13.2. The Hall–Kier alpha value is -3.44. The topological polar surface area (TPSA) is 109 Å². The normalized spacial score (nSPS) is 11.6. The van der Waals surface area contributed by atoms with E-state index in [1.54, 1.807) is 48.5 Å². The molecule has 3 rings (SSSR count). The van der Waals surface area contributed by atoms with Crippen molar-refractivity contribution in [1.29, 1.82) is 10.7 Å². The summed E-state index contributed by atoms with van der Waals surface area (Å²) in [6, 6.07) is 15.9. The number of ether oxygens (including phenoxy) is 1. The average Bonchev–Trinajstić information content (AvgIpc) is 2.72. The summed E-state index contributed by atoms with van der Waals surface area (Å²) < 4.78 is 6.81. The molecule has 1 heterocycles. The zero-order valence-electron chi connectivity index (χ0n) is 15.9. The molecule has 0 aliphatic rings. The van der Waals surface area contributed by atoms with Crippen molar-refractivity contribution in [2.24, 2.45) is 5.92 Å². The fourth-order valence-corrected chi connectivity index (χ4v) is 3.78. The first-order chi connectivity index (χ1) is 14.0. The SMILES string of the molecule is COc1ccccc1-n1c(SCC(=O)C(C#N)C(C)=N)nc2ccccc2c1=O.